The molecule has 0 bridgehead atoms. The largest absolute Gasteiger partial charge is 0.350 e. The van der Waals surface area contributed by atoms with Crippen molar-refractivity contribution in [2.24, 2.45) is 0 Å². The highest BCUT2D eigenvalue weighted by Gasteiger charge is 2.50. The lowest BCUT2D eigenvalue weighted by atomic mass is 9.80. The Hall–Kier alpha value is -3.50. The van der Waals surface area contributed by atoms with Crippen molar-refractivity contribution in [1.29, 1.82) is 0 Å². The first kappa shape index (κ1) is 20.8. The highest BCUT2D eigenvalue weighted by atomic mass is 16.2. The lowest BCUT2D eigenvalue weighted by Crippen LogP contribution is -2.65. The van der Waals surface area contributed by atoms with E-state index in [2.05, 4.69) is 15.4 Å². The van der Waals surface area contributed by atoms with Gasteiger partial charge in [0.25, 0.3) is 0 Å². The van der Waals surface area contributed by atoms with Crippen LogP contribution in [-0.4, -0.2) is 85.8 Å². The molecule has 2 aromatic heterocycles. The molecule has 1 spiro atoms. The monoisotopic (exact) mass is 427 g/mol. The van der Waals surface area contributed by atoms with E-state index in [1.54, 1.807) is 14.3 Å². The number of urea groups is 1. The van der Waals surface area contributed by atoms with Crippen LogP contribution in [0.1, 0.15) is 30.7 Å². The number of pyridine rings is 1. The Morgan fingerprint density at radius 1 is 1.29 bits per heavy atom. The first-order valence-electron chi connectivity index (χ1n) is 10.2. The molecule has 2 fully saturated rings. The van der Waals surface area contributed by atoms with E-state index in [0.717, 1.165) is 10.5 Å². The standard InChI is InChI=1S/C20H25N7O4/c1-14-22-16-9-15(3-6-27(16)23-14)12-26-19(31)24(2)17(29)10-20(26)4-7-25(8-5-20)18(30)11-21-13-28/h3,6,9,13H,4-5,7-8,10-12H2,1-2H3,(H,21,28). The van der Waals surface area contributed by atoms with Gasteiger partial charge >= 0.3 is 6.03 Å². The predicted molar refractivity (Wildman–Crippen MR) is 109 cm³/mol. The lowest BCUT2D eigenvalue weighted by molar-refractivity contribution is -0.139. The van der Waals surface area contributed by atoms with Gasteiger partial charge in [0.2, 0.25) is 18.2 Å². The second-order valence-corrected chi connectivity index (χ2v) is 8.10. The number of carbonyl (C=O) groups excluding carboxylic acids is 4. The van der Waals surface area contributed by atoms with Crippen molar-refractivity contribution >= 4 is 29.9 Å². The number of aryl methyl sites for hydroxylation is 1. The summed E-state index contributed by atoms with van der Waals surface area (Å²) >= 11 is 0. The maximum absolute atomic E-state index is 13.1. The summed E-state index contributed by atoms with van der Waals surface area (Å²) in [4.78, 5) is 57.3. The molecular weight excluding hydrogens is 402 g/mol. The molecule has 2 aromatic rings. The van der Waals surface area contributed by atoms with E-state index in [9.17, 15) is 19.2 Å². The number of likely N-dealkylation sites (tertiary alicyclic amines) is 1. The minimum absolute atomic E-state index is 0.0570. The number of hydrogen-bond acceptors (Lipinski definition) is 6. The van der Waals surface area contributed by atoms with Crippen molar-refractivity contribution in [3.63, 3.8) is 0 Å². The van der Waals surface area contributed by atoms with Crippen LogP contribution in [0.3, 0.4) is 0 Å². The summed E-state index contributed by atoms with van der Waals surface area (Å²) in [5, 5.41) is 6.66. The van der Waals surface area contributed by atoms with E-state index in [0.29, 0.717) is 50.4 Å². The Morgan fingerprint density at radius 3 is 2.74 bits per heavy atom. The van der Waals surface area contributed by atoms with Crippen molar-refractivity contribution in [2.45, 2.75) is 38.3 Å². The number of imide groups is 1. The second-order valence-electron chi connectivity index (χ2n) is 8.10. The summed E-state index contributed by atoms with van der Waals surface area (Å²) in [6.45, 7) is 2.93. The quantitative estimate of drug-likeness (QED) is 0.667. The van der Waals surface area contributed by atoms with Crippen LogP contribution in [0.25, 0.3) is 5.65 Å². The maximum atomic E-state index is 13.1. The second kappa shape index (κ2) is 7.97. The zero-order chi connectivity index (χ0) is 22.2. The minimum atomic E-state index is -0.648. The average Bonchev–Trinajstić information content (AvgIpc) is 3.13. The van der Waals surface area contributed by atoms with Crippen LogP contribution in [0.4, 0.5) is 4.79 Å². The van der Waals surface area contributed by atoms with Crippen molar-refractivity contribution in [1.82, 2.24) is 34.6 Å². The Kier molecular flexibility index (Phi) is 5.34. The summed E-state index contributed by atoms with van der Waals surface area (Å²) < 4.78 is 1.68. The highest BCUT2D eigenvalue weighted by molar-refractivity contribution is 5.97. The topological polar surface area (TPSA) is 120 Å². The van der Waals surface area contributed by atoms with Crippen molar-refractivity contribution in [3.05, 3.63) is 29.7 Å². The normalized spacial score (nSPS) is 18.7. The first-order valence-corrected chi connectivity index (χ1v) is 10.2. The minimum Gasteiger partial charge on any atom is -0.350 e. The van der Waals surface area contributed by atoms with Crippen LogP contribution >= 0.6 is 0 Å². The van der Waals surface area contributed by atoms with Gasteiger partial charge in [-0.3, -0.25) is 19.3 Å². The Labute approximate surface area is 179 Å². The van der Waals surface area contributed by atoms with E-state index in [4.69, 9.17) is 0 Å². The third-order valence-electron chi connectivity index (χ3n) is 6.18. The lowest BCUT2D eigenvalue weighted by Gasteiger charge is -2.52. The molecule has 2 saturated heterocycles. The summed E-state index contributed by atoms with van der Waals surface area (Å²) in [6.07, 6.45) is 3.51. The zero-order valence-electron chi connectivity index (χ0n) is 17.6. The molecule has 31 heavy (non-hydrogen) atoms. The van der Waals surface area contributed by atoms with Gasteiger partial charge in [-0.25, -0.2) is 14.3 Å². The molecule has 0 aromatic carbocycles. The van der Waals surface area contributed by atoms with Crippen molar-refractivity contribution in [3.8, 4) is 0 Å². The fraction of sp³-hybridized carbons (Fsp3) is 0.500. The summed E-state index contributed by atoms with van der Waals surface area (Å²) in [7, 11) is 1.50. The molecule has 4 heterocycles. The molecule has 11 heteroatoms. The van der Waals surface area contributed by atoms with E-state index in [1.165, 1.54) is 7.05 Å². The number of fused-ring (bicyclic) bond motifs is 1. The summed E-state index contributed by atoms with van der Waals surface area (Å²) in [5.41, 5.74) is 0.940. The van der Waals surface area contributed by atoms with Crippen LogP contribution in [0, 0.1) is 6.92 Å². The highest BCUT2D eigenvalue weighted by Crippen LogP contribution is 2.38. The van der Waals surface area contributed by atoms with E-state index >= 15 is 0 Å². The molecular formula is C20H25N7O4. The van der Waals surface area contributed by atoms with Gasteiger partial charge in [0.15, 0.2) is 5.65 Å². The molecule has 2 aliphatic rings. The van der Waals surface area contributed by atoms with Gasteiger partial charge in [0, 0.05) is 32.9 Å². The van der Waals surface area contributed by atoms with E-state index < -0.39 is 5.54 Å². The molecule has 1 N–H and O–H groups in total. The molecule has 0 atom stereocenters. The molecule has 0 saturated carbocycles. The molecule has 11 nitrogen and oxygen atoms in total. The van der Waals surface area contributed by atoms with Crippen LogP contribution in [0.15, 0.2) is 18.3 Å². The maximum Gasteiger partial charge on any atom is 0.327 e. The van der Waals surface area contributed by atoms with Gasteiger partial charge in [-0.1, -0.05) is 0 Å². The number of nitrogens with zero attached hydrogens (tertiary/aromatic N) is 6. The molecule has 0 unspecified atom stereocenters. The van der Waals surface area contributed by atoms with Gasteiger partial charge in [-0.2, -0.15) is 5.10 Å². The number of piperidine rings is 1. The molecule has 164 valence electrons. The van der Waals surface area contributed by atoms with Gasteiger partial charge in [-0.15, -0.1) is 0 Å². The molecule has 0 aliphatic carbocycles. The average molecular weight is 427 g/mol. The van der Waals surface area contributed by atoms with Crippen LogP contribution in [0.5, 0.6) is 0 Å². The fourth-order valence-corrected chi connectivity index (χ4v) is 4.40. The van der Waals surface area contributed by atoms with Gasteiger partial charge < -0.3 is 15.1 Å². The molecule has 0 radical (unpaired) electrons. The summed E-state index contributed by atoms with van der Waals surface area (Å²) in [6, 6.07) is 3.44. The zero-order valence-corrected chi connectivity index (χ0v) is 17.6. The number of amides is 5. The Morgan fingerprint density at radius 2 is 2.03 bits per heavy atom. The summed E-state index contributed by atoms with van der Waals surface area (Å²) in [5.74, 6) is 0.271. The number of hydrogen-bond donors (Lipinski definition) is 1. The molecule has 4 rings (SSSR count). The third kappa shape index (κ3) is 3.82. The van der Waals surface area contributed by atoms with Crippen LogP contribution < -0.4 is 5.32 Å². The van der Waals surface area contributed by atoms with E-state index in [-0.39, 0.29) is 30.8 Å². The van der Waals surface area contributed by atoms with Crippen molar-refractivity contribution in [2.75, 3.05) is 26.7 Å². The number of aromatic nitrogens is 3. The number of nitrogens with one attached hydrogen (secondary N) is 1. The Balaban J connectivity index is 1.57. The van der Waals surface area contributed by atoms with Crippen LogP contribution in [0.2, 0.25) is 0 Å². The molecule has 5 amide bonds. The van der Waals surface area contributed by atoms with Gasteiger partial charge in [-0.05, 0) is 37.5 Å². The number of carbonyl (C=O) groups is 4. The fourth-order valence-electron chi connectivity index (χ4n) is 4.40. The Bertz CT molecular complexity index is 1040. The van der Waals surface area contributed by atoms with Crippen LogP contribution in [-0.2, 0) is 20.9 Å². The SMILES string of the molecule is Cc1nc2cc(CN3C(=O)N(C)C(=O)CC34CCN(C(=O)CNC=O)CC4)ccn2n1. The van der Waals surface area contributed by atoms with E-state index in [1.807, 2.05) is 25.3 Å². The smallest absolute Gasteiger partial charge is 0.327 e. The first-order chi connectivity index (χ1) is 14.8. The van der Waals surface area contributed by atoms with Gasteiger partial charge in [0.05, 0.1) is 18.5 Å². The predicted octanol–water partition coefficient (Wildman–Crippen LogP) is -0.0710. The van der Waals surface area contributed by atoms with Crippen molar-refractivity contribution < 1.29 is 19.2 Å². The third-order valence-corrected chi connectivity index (χ3v) is 6.18. The van der Waals surface area contributed by atoms with Gasteiger partial charge in [0.1, 0.15) is 5.82 Å². The molecule has 2 aliphatic heterocycles. The number of rotatable bonds is 5.